The molecule has 0 amide bonds. The fourth-order valence-electron chi connectivity index (χ4n) is 1.66. The third kappa shape index (κ3) is 3.11. The smallest absolute Gasteiger partial charge is 0.0662 e. The number of hydrogen-bond donors (Lipinski definition) is 2. The summed E-state index contributed by atoms with van der Waals surface area (Å²) < 4.78 is 7.36. The summed E-state index contributed by atoms with van der Waals surface area (Å²) in [6, 6.07) is 4.17. The molecule has 16 heavy (non-hydrogen) atoms. The number of halogens is 3. The van der Waals surface area contributed by atoms with Crippen LogP contribution in [0.2, 0.25) is 0 Å². The van der Waals surface area contributed by atoms with Crippen LogP contribution in [0.4, 0.5) is 5.69 Å². The summed E-state index contributed by atoms with van der Waals surface area (Å²) in [4.78, 5) is 0. The van der Waals surface area contributed by atoms with Gasteiger partial charge in [-0.05, 0) is 33.6 Å². The zero-order valence-corrected chi connectivity index (χ0v) is 12.5. The SMILES string of the molecule is Cl.Nc1c(Br)cc(Br)cc1[C@H]1COCCN1. The van der Waals surface area contributed by atoms with Crippen molar-refractivity contribution in [3.05, 3.63) is 26.6 Å². The van der Waals surface area contributed by atoms with E-state index in [0.29, 0.717) is 6.61 Å². The van der Waals surface area contributed by atoms with Crippen molar-refractivity contribution < 1.29 is 4.74 Å². The van der Waals surface area contributed by atoms with Crippen molar-refractivity contribution in [3.8, 4) is 0 Å². The standard InChI is InChI=1S/C10H12Br2N2O.ClH/c11-6-3-7(10(13)8(12)4-6)9-5-15-2-1-14-9;/h3-4,9,14H,1-2,5,13H2;1H/t9-;/m1./s1. The zero-order valence-electron chi connectivity index (χ0n) is 8.50. The molecular weight excluding hydrogens is 359 g/mol. The molecule has 0 radical (unpaired) electrons. The number of rotatable bonds is 1. The van der Waals surface area contributed by atoms with Crippen LogP contribution in [0.1, 0.15) is 11.6 Å². The lowest BCUT2D eigenvalue weighted by molar-refractivity contribution is 0.0770. The fraction of sp³-hybridized carbons (Fsp3) is 0.400. The predicted octanol–water partition coefficient (Wildman–Crippen LogP) is 2.88. The molecule has 1 aromatic rings. The summed E-state index contributed by atoms with van der Waals surface area (Å²) >= 11 is 6.90. The Balaban J connectivity index is 0.00000128. The Kier molecular flexibility index (Phi) is 5.53. The molecule has 1 aliphatic rings. The number of anilines is 1. The first kappa shape index (κ1) is 14.3. The summed E-state index contributed by atoms with van der Waals surface area (Å²) in [6.07, 6.45) is 0. The minimum Gasteiger partial charge on any atom is -0.398 e. The molecule has 0 saturated carbocycles. The largest absolute Gasteiger partial charge is 0.398 e. The van der Waals surface area contributed by atoms with Gasteiger partial charge in [0.25, 0.3) is 0 Å². The van der Waals surface area contributed by atoms with Crippen molar-refractivity contribution in [2.24, 2.45) is 0 Å². The predicted molar refractivity (Wildman–Crippen MR) is 75.1 cm³/mol. The van der Waals surface area contributed by atoms with Crippen LogP contribution in [0.25, 0.3) is 0 Å². The lowest BCUT2D eigenvalue weighted by atomic mass is 10.0. The van der Waals surface area contributed by atoms with Crippen LogP contribution in [-0.2, 0) is 4.74 Å². The second-order valence-corrected chi connectivity index (χ2v) is 5.24. The lowest BCUT2D eigenvalue weighted by Gasteiger charge is -2.25. The highest BCUT2D eigenvalue weighted by Gasteiger charge is 2.19. The average Bonchev–Trinajstić information content (AvgIpc) is 2.24. The molecule has 1 fully saturated rings. The van der Waals surface area contributed by atoms with Gasteiger partial charge in [0.05, 0.1) is 24.9 Å². The number of hydrogen-bond acceptors (Lipinski definition) is 3. The Labute approximate surface area is 118 Å². The van der Waals surface area contributed by atoms with Gasteiger partial charge >= 0.3 is 0 Å². The number of morpholine rings is 1. The van der Waals surface area contributed by atoms with E-state index >= 15 is 0 Å². The van der Waals surface area contributed by atoms with Gasteiger partial charge < -0.3 is 15.8 Å². The summed E-state index contributed by atoms with van der Waals surface area (Å²) in [5, 5.41) is 3.38. The van der Waals surface area contributed by atoms with E-state index in [-0.39, 0.29) is 18.4 Å². The summed E-state index contributed by atoms with van der Waals surface area (Å²) in [5.74, 6) is 0. The van der Waals surface area contributed by atoms with Gasteiger partial charge in [0, 0.05) is 15.5 Å². The third-order valence-electron chi connectivity index (χ3n) is 2.42. The molecule has 0 unspecified atom stereocenters. The molecule has 90 valence electrons. The Morgan fingerprint density at radius 3 is 2.75 bits per heavy atom. The van der Waals surface area contributed by atoms with Crippen LogP contribution in [0, 0.1) is 0 Å². The Morgan fingerprint density at radius 1 is 1.38 bits per heavy atom. The average molecular weight is 372 g/mol. The van der Waals surface area contributed by atoms with Gasteiger partial charge in [-0.15, -0.1) is 12.4 Å². The maximum Gasteiger partial charge on any atom is 0.0662 e. The van der Waals surface area contributed by atoms with Crippen LogP contribution in [0.3, 0.4) is 0 Å². The maximum atomic E-state index is 6.02. The monoisotopic (exact) mass is 370 g/mol. The van der Waals surface area contributed by atoms with E-state index in [2.05, 4.69) is 37.2 Å². The number of benzene rings is 1. The van der Waals surface area contributed by atoms with Gasteiger partial charge in [0.15, 0.2) is 0 Å². The molecule has 0 aliphatic carbocycles. The second kappa shape index (κ2) is 6.21. The molecule has 0 bridgehead atoms. The van der Waals surface area contributed by atoms with Crippen molar-refractivity contribution >= 4 is 50.0 Å². The Hall–Kier alpha value is 0.190. The van der Waals surface area contributed by atoms with Crippen molar-refractivity contribution in [2.75, 3.05) is 25.5 Å². The van der Waals surface area contributed by atoms with Crippen molar-refractivity contribution in [3.63, 3.8) is 0 Å². The minimum atomic E-state index is 0. The molecule has 0 spiro atoms. The summed E-state index contributed by atoms with van der Waals surface area (Å²) in [6.45, 7) is 2.31. The highest BCUT2D eigenvalue weighted by molar-refractivity contribution is 9.11. The minimum absolute atomic E-state index is 0. The van der Waals surface area contributed by atoms with E-state index in [0.717, 1.165) is 33.3 Å². The summed E-state index contributed by atoms with van der Waals surface area (Å²) in [7, 11) is 0. The number of nitrogen functional groups attached to an aromatic ring is 1. The van der Waals surface area contributed by atoms with Crippen LogP contribution in [0.5, 0.6) is 0 Å². The first-order chi connectivity index (χ1) is 7.18. The van der Waals surface area contributed by atoms with Crippen LogP contribution in [-0.4, -0.2) is 19.8 Å². The van der Waals surface area contributed by atoms with E-state index in [1.807, 2.05) is 12.1 Å². The van der Waals surface area contributed by atoms with Gasteiger partial charge in [0.2, 0.25) is 0 Å². The molecule has 1 aliphatic heterocycles. The molecule has 1 heterocycles. The number of nitrogens with two attached hydrogens (primary N) is 1. The van der Waals surface area contributed by atoms with Crippen LogP contribution in [0.15, 0.2) is 21.1 Å². The first-order valence-electron chi connectivity index (χ1n) is 4.74. The molecule has 1 saturated heterocycles. The van der Waals surface area contributed by atoms with Gasteiger partial charge in [0.1, 0.15) is 0 Å². The fourth-order valence-corrected chi connectivity index (χ4v) is 2.92. The number of ether oxygens (including phenoxy) is 1. The van der Waals surface area contributed by atoms with Crippen molar-refractivity contribution in [1.82, 2.24) is 5.32 Å². The highest BCUT2D eigenvalue weighted by Crippen LogP contribution is 2.32. The van der Waals surface area contributed by atoms with E-state index in [1.54, 1.807) is 0 Å². The second-order valence-electron chi connectivity index (χ2n) is 3.47. The van der Waals surface area contributed by atoms with Crippen LogP contribution >= 0.6 is 44.3 Å². The molecule has 0 aromatic heterocycles. The van der Waals surface area contributed by atoms with E-state index < -0.39 is 0 Å². The Bertz CT molecular complexity index is 370. The highest BCUT2D eigenvalue weighted by atomic mass is 79.9. The maximum absolute atomic E-state index is 6.02. The zero-order chi connectivity index (χ0) is 10.8. The third-order valence-corrected chi connectivity index (χ3v) is 3.54. The molecule has 2 rings (SSSR count). The first-order valence-corrected chi connectivity index (χ1v) is 6.32. The van der Waals surface area contributed by atoms with Gasteiger partial charge in [-0.25, -0.2) is 0 Å². The number of nitrogens with one attached hydrogen (secondary N) is 1. The van der Waals surface area contributed by atoms with Crippen molar-refractivity contribution in [2.45, 2.75) is 6.04 Å². The molecule has 1 aromatic carbocycles. The normalized spacial score (nSPS) is 20.2. The van der Waals surface area contributed by atoms with E-state index in [1.165, 1.54) is 0 Å². The van der Waals surface area contributed by atoms with Gasteiger partial charge in [-0.3, -0.25) is 0 Å². The summed E-state index contributed by atoms with van der Waals surface area (Å²) in [5.41, 5.74) is 7.88. The molecule has 6 heteroatoms. The molecule has 3 nitrogen and oxygen atoms in total. The topological polar surface area (TPSA) is 47.3 Å². The molecule has 1 atom stereocenters. The Morgan fingerprint density at radius 2 is 2.12 bits per heavy atom. The van der Waals surface area contributed by atoms with Crippen molar-refractivity contribution in [1.29, 1.82) is 0 Å². The quantitative estimate of drug-likeness (QED) is 0.746. The van der Waals surface area contributed by atoms with E-state index in [4.69, 9.17) is 10.5 Å². The molecular formula is C10H13Br2ClN2O. The van der Waals surface area contributed by atoms with Gasteiger partial charge in [-0.2, -0.15) is 0 Å². The van der Waals surface area contributed by atoms with E-state index in [9.17, 15) is 0 Å². The lowest BCUT2D eigenvalue weighted by Crippen LogP contribution is -2.35. The van der Waals surface area contributed by atoms with Crippen LogP contribution < -0.4 is 11.1 Å². The molecule has 3 N–H and O–H groups in total. The van der Waals surface area contributed by atoms with Gasteiger partial charge in [-0.1, -0.05) is 15.9 Å².